The maximum atomic E-state index is 11.6. The second-order valence-electron chi connectivity index (χ2n) is 3.68. The fourth-order valence-electron chi connectivity index (χ4n) is 1.41. The van der Waals surface area contributed by atoms with Gasteiger partial charge < -0.3 is 17.0 Å². The lowest BCUT2D eigenvalue weighted by atomic mass is 10.4. The molecule has 18 heavy (non-hydrogen) atoms. The number of thioether (sulfide) groups is 1. The second-order valence-corrected chi connectivity index (χ2v) is 4.84. The van der Waals surface area contributed by atoms with Crippen LogP contribution in [-0.2, 0) is 24.8 Å². The number of carbonyl (C=O) groups excluding carboxylic acids is 1. The Hall–Kier alpha value is -1.15. The quantitative estimate of drug-likeness (QED) is 0.591. The van der Waals surface area contributed by atoms with Crippen LogP contribution in [0.4, 0.5) is 0 Å². The minimum Gasteiger partial charge on any atom is -1.00 e. The van der Waals surface area contributed by atoms with Crippen molar-refractivity contribution in [1.29, 1.82) is 0 Å². The van der Waals surface area contributed by atoms with E-state index in [9.17, 15) is 4.79 Å². The smallest absolute Gasteiger partial charge is 0.243 e. The molecule has 1 N–H and O–H groups in total. The molecule has 0 bridgehead atoms. The average Bonchev–Trinajstić information content (AvgIpc) is 2.90. The molecule has 0 fully saturated rings. The highest BCUT2D eigenvalue weighted by Gasteiger charge is 2.08. The van der Waals surface area contributed by atoms with Crippen LogP contribution in [0.15, 0.2) is 24.9 Å². The van der Waals surface area contributed by atoms with Crippen LogP contribution < -0.4 is 21.5 Å². The number of rotatable bonds is 5. The summed E-state index contributed by atoms with van der Waals surface area (Å²) in [6.07, 6.45) is 8.11. The molecule has 0 aliphatic heterocycles. The third kappa shape index (κ3) is 4.61. The molecule has 0 saturated carbocycles. The van der Waals surface area contributed by atoms with Gasteiger partial charge in [-0.2, -0.15) is 15.4 Å². The summed E-state index contributed by atoms with van der Waals surface area (Å²) in [7, 11) is 1.93. The minimum absolute atomic E-state index is 0. The molecule has 0 aliphatic carbocycles. The summed E-state index contributed by atoms with van der Waals surface area (Å²) in [6, 6.07) is 0. The van der Waals surface area contributed by atoms with E-state index in [-0.39, 0.29) is 22.1 Å². The third-order valence-electron chi connectivity index (χ3n) is 2.22. The van der Waals surface area contributed by atoms with Crippen molar-refractivity contribution >= 4 is 16.9 Å². The third-order valence-corrected chi connectivity index (χ3v) is 3.08. The normalized spacial score (nSPS) is 10.1. The lowest BCUT2D eigenvalue weighted by molar-refractivity contribution is -0.671. The molecule has 2 heterocycles. The molecule has 0 unspecified atom stereocenters. The average molecular weight is 332 g/mol. The van der Waals surface area contributed by atoms with E-state index in [1.54, 1.807) is 6.20 Å². The number of imidazole rings is 1. The molecule has 8 heteroatoms. The van der Waals surface area contributed by atoms with Crippen LogP contribution in [0.3, 0.4) is 0 Å². The topological polar surface area (TPSA) is 67.4 Å². The number of aromatic amines is 1. The first-order valence-electron chi connectivity index (χ1n) is 5.25. The van der Waals surface area contributed by atoms with Crippen molar-refractivity contribution in [1.82, 2.24) is 20.0 Å². The second kappa shape index (κ2) is 7.32. The molecular formula is C10H14BrN5OS. The van der Waals surface area contributed by atoms with E-state index in [4.69, 9.17) is 0 Å². The number of nitrogens with zero attached hydrogens (tertiary/aromatic N) is 4. The summed E-state index contributed by atoms with van der Waals surface area (Å²) in [6.45, 7) is 0.407. The molecule has 2 aromatic rings. The number of aromatic nitrogens is 5. The van der Waals surface area contributed by atoms with Crippen molar-refractivity contribution in [3.05, 3.63) is 30.6 Å². The van der Waals surface area contributed by atoms with Gasteiger partial charge in [-0.1, -0.05) is 11.8 Å². The molecular weight excluding hydrogens is 318 g/mol. The molecule has 98 valence electrons. The molecule has 0 aromatic carbocycles. The predicted octanol–water partition coefficient (Wildman–Crippen LogP) is -3.06. The summed E-state index contributed by atoms with van der Waals surface area (Å²) in [5.74, 6) is 0.735. The summed E-state index contributed by atoms with van der Waals surface area (Å²) >= 11 is 1.33. The van der Waals surface area contributed by atoms with E-state index in [2.05, 4.69) is 15.4 Å². The van der Waals surface area contributed by atoms with Crippen LogP contribution >= 0.6 is 11.8 Å². The van der Waals surface area contributed by atoms with Crippen LogP contribution in [0.25, 0.3) is 0 Å². The molecule has 0 saturated heterocycles. The van der Waals surface area contributed by atoms with Crippen LogP contribution in [0.5, 0.6) is 0 Å². The lowest BCUT2D eigenvalue weighted by Crippen LogP contribution is -3.00. The Bertz CT molecular complexity index is 484. The van der Waals surface area contributed by atoms with E-state index in [1.807, 2.05) is 34.9 Å². The van der Waals surface area contributed by atoms with Gasteiger partial charge >= 0.3 is 0 Å². The van der Waals surface area contributed by atoms with Gasteiger partial charge in [-0.3, -0.25) is 4.79 Å². The van der Waals surface area contributed by atoms with Crippen molar-refractivity contribution < 1.29 is 26.3 Å². The minimum atomic E-state index is 0. The van der Waals surface area contributed by atoms with E-state index in [0.717, 1.165) is 17.9 Å². The van der Waals surface area contributed by atoms with Crippen LogP contribution in [0, 0.1) is 0 Å². The Morgan fingerprint density at radius 3 is 3.06 bits per heavy atom. The maximum absolute atomic E-state index is 11.6. The zero-order valence-corrected chi connectivity index (χ0v) is 12.3. The first-order valence-corrected chi connectivity index (χ1v) is 6.24. The van der Waals surface area contributed by atoms with E-state index in [0.29, 0.717) is 6.54 Å². The SMILES string of the molecule is C[n+]1ccn(CC(=O)SCCc2cn[nH]n2)c1.[Br-]. The van der Waals surface area contributed by atoms with Gasteiger partial charge in [-0.15, -0.1) is 0 Å². The molecule has 0 radical (unpaired) electrons. The predicted molar refractivity (Wildman–Crippen MR) is 63.2 cm³/mol. The summed E-state index contributed by atoms with van der Waals surface area (Å²) in [4.78, 5) is 11.6. The lowest BCUT2D eigenvalue weighted by Gasteiger charge is -1.96. The van der Waals surface area contributed by atoms with Gasteiger partial charge in [0.1, 0.15) is 12.4 Å². The molecule has 2 aromatic heterocycles. The van der Waals surface area contributed by atoms with E-state index in [1.165, 1.54) is 11.8 Å². The van der Waals surface area contributed by atoms with Gasteiger partial charge in [-0.25, -0.2) is 9.13 Å². The Morgan fingerprint density at radius 1 is 1.61 bits per heavy atom. The summed E-state index contributed by atoms with van der Waals surface area (Å²) in [5.41, 5.74) is 0.887. The Morgan fingerprint density at radius 2 is 2.44 bits per heavy atom. The fourth-order valence-corrected chi connectivity index (χ4v) is 2.18. The van der Waals surface area contributed by atoms with Crippen molar-refractivity contribution in [2.24, 2.45) is 7.05 Å². The molecule has 0 atom stereocenters. The number of nitrogens with one attached hydrogen (secondary N) is 1. The zero-order chi connectivity index (χ0) is 12.1. The standard InChI is InChI=1S/C10H14N5OS.BrH/c1-14-3-4-15(8-14)7-10(16)17-5-2-9-6-11-13-12-9;/h3-4,6,8H,2,5,7H2,1H3,(H,11,12,13);1H/q+1;/p-1. The number of hydrogen-bond acceptors (Lipinski definition) is 4. The number of carbonyl (C=O) groups is 1. The van der Waals surface area contributed by atoms with Gasteiger partial charge in [0, 0.05) is 12.2 Å². The Labute approximate surface area is 120 Å². The van der Waals surface area contributed by atoms with Gasteiger partial charge in [-0.05, 0) is 0 Å². The Balaban J connectivity index is 0.00000162. The van der Waals surface area contributed by atoms with E-state index < -0.39 is 0 Å². The number of halogens is 1. The highest BCUT2D eigenvalue weighted by atomic mass is 79.9. The Kier molecular flexibility index (Phi) is 6.06. The molecule has 0 aliphatic rings. The van der Waals surface area contributed by atoms with Crippen LogP contribution in [0.2, 0.25) is 0 Å². The number of aryl methyl sites for hydroxylation is 2. The highest BCUT2D eigenvalue weighted by Crippen LogP contribution is 2.06. The zero-order valence-electron chi connectivity index (χ0n) is 9.91. The van der Waals surface area contributed by atoms with Gasteiger partial charge in [0.05, 0.1) is 18.9 Å². The van der Waals surface area contributed by atoms with Crippen molar-refractivity contribution in [2.75, 3.05) is 5.75 Å². The van der Waals surface area contributed by atoms with Crippen molar-refractivity contribution in [2.45, 2.75) is 13.0 Å². The van der Waals surface area contributed by atoms with Crippen LogP contribution in [0.1, 0.15) is 5.69 Å². The highest BCUT2D eigenvalue weighted by molar-refractivity contribution is 8.13. The van der Waals surface area contributed by atoms with Gasteiger partial charge in [0.15, 0.2) is 6.54 Å². The van der Waals surface area contributed by atoms with Gasteiger partial charge in [0.25, 0.3) is 0 Å². The van der Waals surface area contributed by atoms with Crippen LogP contribution in [-0.4, -0.2) is 30.8 Å². The van der Waals surface area contributed by atoms with Crippen molar-refractivity contribution in [3.63, 3.8) is 0 Å². The molecule has 0 spiro atoms. The molecule has 6 nitrogen and oxygen atoms in total. The fraction of sp³-hybridized carbons (Fsp3) is 0.400. The van der Waals surface area contributed by atoms with Crippen molar-refractivity contribution in [3.8, 4) is 0 Å². The largest absolute Gasteiger partial charge is 1.00 e. The molecule has 0 amide bonds. The van der Waals surface area contributed by atoms with E-state index >= 15 is 0 Å². The summed E-state index contributed by atoms with van der Waals surface area (Å²) < 4.78 is 3.78. The van der Waals surface area contributed by atoms with Gasteiger partial charge in [0.2, 0.25) is 11.4 Å². The summed E-state index contributed by atoms with van der Waals surface area (Å²) in [5, 5.41) is 10.4. The first kappa shape index (κ1) is 14.9. The number of hydrogen-bond donors (Lipinski definition) is 1. The maximum Gasteiger partial charge on any atom is 0.243 e. The molecule has 2 rings (SSSR count). The number of H-pyrrole nitrogens is 1. The monoisotopic (exact) mass is 331 g/mol. The first-order chi connectivity index (χ1) is 8.24.